The Hall–Kier alpha value is -3.93. The van der Waals surface area contributed by atoms with Crippen molar-refractivity contribution in [3.05, 3.63) is 109 Å². The minimum Gasteiger partial charge on any atom is -0.462 e. The van der Waals surface area contributed by atoms with E-state index in [1.165, 1.54) is 32.1 Å². The van der Waals surface area contributed by atoms with Crippen LogP contribution < -0.4 is 0 Å². The van der Waals surface area contributed by atoms with Crippen LogP contribution in [-0.2, 0) is 28.6 Å². The third kappa shape index (κ3) is 50.9. The Kier molecular flexibility index (Phi) is 49.5. The van der Waals surface area contributed by atoms with E-state index in [1.54, 1.807) is 0 Å². The van der Waals surface area contributed by atoms with E-state index in [4.69, 9.17) is 14.2 Å². The van der Waals surface area contributed by atoms with Gasteiger partial charge in [0.25, 0.3) is 0 Å². The number of rotatable bonds is 46. The molecule has 0 amide bonds. The van der Waals surface area contributed by atoms with E-state index in [0.717, 1.165) is 154 Å². The van der Waals surface area contributed by atoms with E-state index in [0.29, 0.717) is 19.3 Å². The molecule has 0 aromatic rings. The van der Waals surface area contributed by atoms with Gasteiger partial charge in [-0.05, 0) is 103 Å². The van der Waals surface area contributed by atoms with Crippen LogP contribution in [0, 0.1) is 0 Å². The Morgan fingerprint density at radius 2 is 0.600 bits per heavy atom. The van der Waals surface area contributed by atoms with Crippen molar-refractivity contribution in [2.24, 2.45) is 0 Å². The molecule has 6 nitrogen and oxygen atoms in total. The predicted octanol–water partition coefficient (Wildman–Crippen LogP) is 17.5. The van der Waals surface area contributed by atoms with Crippen molar-refractivity contribution in [1.82, 2.24) is 0 Å². The van der Waals surface area contributed by atoms with Gasteiger partial charge in [0.15, 0.2) is 6.10 Å². The number of esters is 3. The van der Waals surface area contributed by atoms with Crippen LogP contribution in [0.2, 0.25) is 0 Å². The summed E-state index contributed by atoms with van der Waals surface area (Å²) in [5.41, 5.74) is 0. The van der Waals surface area contributed by atoms with Crippen LogP contribution in [0.25, 0.3) is 0 Å². The second-order valence-electron chi connectivity index (χ2n) is 17.0. The largest absolute Gasteiger partial charge is 0.462 e. The lowest BCUT2D eigenvalue weighted by atomic mass is 10.1. The van der Waals surface area contributed by atoms with Gasteiger partial charge >= 0.3 is 17.9 Å². The fourth-order valence-corrected chi connectivity index (χ4v) is 6.87. The molecule has 0 saturated carbocycles. The molecule has 0 aliphatic rings. The molecule has 1 atom stereocenters. The van der Waals surface area contributed by atoms with Gasteiger partial charge in [-0.2, -0.15) is 0 Å². The maximum absolute atomic E-state index is 12.8. The van der Waals surface area contributed by atoms with Gasteiger partial charge in [-0.15, -0.1) is 0 Å². The minimum absolute atomic E-state index is 0.0903. The number of allylic oxidation sites excluding steroid dienone is 18. The molecular formula is C59H96O6. The lowest BCUT2D eigenvalue weighted by molar-refractivity contribution is -0.167. The standard InChI is InChI=1S/C59H96O6/c1-4-7-10-13-15-17-19-21-23-25-27-29-31-33-35-37-39-41-43-46-49-52-58(61)64-55-56(54-63-57(60)51-48-45-12-9-6-3)65-59(62)53-50-47-44-42-40-38-36-34-32-30-28-26-24-22-20-18-16-14-11-8-5-2/h7-8,10-11,15-18,21-24,27-30,33,35,56H,4-6,9,12-14,19-20,25-26,31-32,34,36-55H2,1-3H3/b10-7-,11-8-,17-15-,18-16-,23-21-,24-22-,29-27-,30-28-,35-33-. The van der Waals surface area contributed by atoms with Crippen LogP contribution in [-0.4, -0.2) is 37.2 Å². The Balaban J connectivity index is 4.23. The zero-order valence-electron chi connectivity index (χ0n) is 42.0. The number of carbonyl (C=O) groups is 3. The maximum atomic E-state index is 12.8. The van der Waals surface area contributed by atoms with Gasteiger partial charge in [-0.25, -0.2) is 0 Å². The average Bonchev–Trinajstić information content (AvgIpc) is 3.30. The summed E-state index contributed by atoms with van der Waals surface area (Å²) in [6.45, 7) is 6.29. The lowest BCUT2D eigenvalue weighted by Gasteiger charge is -2.18. The van der Waals surface area contributed by atoms with Crippen molar-refractivity contribution < 1.29 is 28.6 Å². The van der Waals surface area contributed by atoms with Crippen molar-refractivity contribution in [2.45, 2.75) is 232 Å². The fourth-order valence-electron chi connectivity index (χ4n) is 6.87. The molecule has 0 saturated heterocycles. The summed E-state index contributed by atoms with van der Waals surface area (Å²) < 4.78 is 16.7. The molecule has 0 heterocycles. The molecular weight excluding hydrogens is 805 g/mol. The zero-order chi connectivity index (χ0) is 47.2. The number of unbranched alkanes of at least 4 members (excludes halogenated alkanes) is 17. The smallest absolute Gasteiger partial charge is 0.306 e. The van der Waals surface area contributed by atoms with Gasteiger partial charge in [0.2, 0.25) is 0 Å². The van der Waals surface area contributed by atoms with Crippen molar-refractivity contribution >= 4 is 17.9 Å². The Bertz CT molecular complexity index is 1360. The molecule has 0 rings (SSSR count). The first-order chi connectivity index (χ1) is 32.0. The third-order valence-corrected chi connectivity index (χ3v) is 10.8. The van der Waals surface area contributed by atoms with Gasteiger partial charge in [0, 0.05) is 19.3 Å². The van der Waals surface area contributed by atoms with Crippen LogP contribution in [0.1, 0.15) is 226 Å². The van der Waals surface area contributed by atoms with Crippen LogP contribution in [0.15, 0.2) is 109 Å². The van der Waals surface area contributed by atoms with Crippen LogP contribution >= 0.6 is 0 Å². The summed E-state index contributed by atoms with van der Waals surface area (Å²) in [5.74, 6) is -0.936. The highest BCUT2D eigenvalue weighted by Crippen LogP contribution is 2.14. The monoisotopic (exact) mass is 901 g/mol. The summed E-state index contributed by atoms with van der Waals surface area (Å²) in [4.78, 5) is 37.7. The van der Waals surface area contributed by atoms with Crippen LogP contribution in [0.4, 0.5) is 0 Å². The molecule has 65 heavy (non-hydrogen) atoms. The van der Waals surface area contributed by atoms with Crippen molar-refractivity contribution in [3.63, 3.8) is 0 Å². The van der Waals surface area contributed by atoms with E-state index < -0.39 is 6.10 Å². The molecule has 0 aromatic carbocycles. The highest BCUT2D eigenvalue weighted by Gasteiger charge is 2.19. The molecule has 0 aliphatic heterocycles. The molecule has 6 heteroatoms. The second-order valence-corrected chi connectivity index (χ2v) is 17.0. The van der Waals surface area contributed by atoms with Gasteiger partial charge in [0.05, 0.1) is 0 Å². The summed E-state index contributed by atoms with van der Waals surface area (Å²) in [6, 6.07) is 0. The fraction of sp³-hybridized carbons (Fsp3) is 0.644. The van der Waals surface area contributed by atoms with Crippen LogP contribution in [0.5, 0.6) is 0 Å². The molecule has 0 fully saturated rings. The van der Waals surface area contributed by atoms with E-state index in [9.17, 15) is 14.4 Å². The van der Waals surface area contributed by atoms with E-state index >= 15 is 0 Å². The molecule has 0 aromatic heterocycles. The van der Waals surface area contributed by atoms with E-state index in [2.05, 4.69) is 130 Å². The van der Waals surface area contributed by atoms with Crippen molar-refractivity contribution in [1.29, 1.82) is 0 Å². The summed E-state index contributed by atoms with van der Waals surface area (Å²) in [6.07, 6.45) is 71.1. The SMILES string of the molecule is CC/C=C\C/C=C\C/C=C\C/C=C\C/C=C\CCCCCCCC(=O)OCC(COC(=O)CCCCCCC)OC(=O)CCCCCCCCCC/C=C\C/C=C\C/C=C\C/C=C\CC. The topological polar surface area (TPSA) is 78.9 Å². The molecule has 0 aliphatic carbocycles. The number of ether oxygens (including phenoxy) is 3. The molecule has 1 unspecified atom stereocenters. The second kappa shape index (κ2) is 52.7. The quantitative estimate of drug-likeness (QED) is 0.0262. The van der Waals surface area contributed by atoms with Crippen molar-refractivity contribution in [2.75, 3.05) is 13.2 Å². The minimum atomic E-state index is -0.789. The predicted molar refractivity (Wildman–Crippen MR) is 279 cm³/mol. The zero-order valence-corrected chi connectivity index (χ0v) is 42.0. The summed E-state index contributed by atoms with van der Waals surface area (Å²) in [7, 11) is 0. The first-order valence-corrected chi connectivity index (χ1v) is 26.4. The number of hydrogen-bond donors (Lipinski definition) is 0. The van der Waals surface area contributed by atoms with E-state index in [1.807, 2.05) is 0 Å². The van der Waals surface area contributed by atoms with Gasteiger partial charge in [-0.3, -0.25) is 14.4 Å². The highest BCUT2D eigenvalue weighted by molar-refractivity contribution is 5.71. The molecule has 0 bridgehead atoms. The molecule has 368 valence electrons. The van der Waals surface area contributed by atoms with Crippen molar-refractivity contribution in [3.8, 4) is 0 Å². The van der Waals surface area contributed by atoms with E-state index in [-0.39, 0.29) is 31.1 Å². The Morgan fingerprint density at radius 1 is 0.323 bits per heavy atom. The maximum Gasteiger partial charge on any atom is 0.306 e. The summed E-state index contributed by atoms with van der Waals surface area (Å²) in [5, 5.41) is 0. The first-order valence-electron chi connectivity index (χ1n) is 26.4. The molecule has 0 spiro atoms. The Labute approximate surface area is 400 Å². The first kappa shape index (κ1) is 61.1. The lowest BCUT2D eigenvalue weighted by Crippen LogP contribution is -2.30. The Morgan fingerprint density at radius 3 is 0.938 bits per heavy atom. The van der Waals surface area contributed by atoms with Gasteiger partial charge < -0.3 is 14.2 Å². The highest BCUT2D eigenvalue weighted by atomic mass is 16.6. The van der Waals surface area contributed by atoms with Gasteiger partial charge in [-0.1, -0.05) is 214 Å². The average molecular weight is 901 g/mol. The summed E-state index contributed by atoms with van der Waals surface area (Å²) >= 11 is 0. The normalized spacial score (nSPS) is 13.0. The molecule has 0 radical (unpaired) electrons. The van der Waals surface area contributed by atoms with Crippen LogP contribution in [0.3, 0.4) is 0 Å². The third-order valence-electron chi connectivity index (χ3n) is 10.8. The number of carbonyl (C=O) groups excluding carboxylic acids is 3. The van der Waals surface area contributed by atoms with Gasteiger partial charge in [0.1, 0.15) is 13.2 Å². The number of hydrogen-bond acceptors (Lipinski definition) is 6. The molecule has 0 N–H and O–H groups in total.